The fourth-order valence-electron chi connectivity index (χ4n) is 0.158. The second kappa shape index (κ2) is 8.98. The molecule has 0 bridgehead atoms. The molecule has 0 aromatic carbocycles. The minimum Gasteiger partial charge on any atom is -0.330 e. The maximum absolute atomic E-state index is 6.58. The van der Waals surface area contributed by atoms with Crippen LogP contribution in [0.3, 0.4) is 0 Å². The molecule has 0 aromatic heterocycles. The van der Waals surface area contributed by atoms with Crippen molar-refractivity contribution in [2.24, 2.45) is 5.72 Å². The Kier molecular flexibility index (Phi) is 4.90. The van der Waals surface area contributed by atoms with Gasteiger partial charge in [-0.25, -0.2) is 0 Å². The highest BCUT2D eigenvalue weighted by Gasteiger charge is 1.67. The third kappa shape index (κ3) is 8.87. The summed E-state index contributed by atoms with van der Waals surface area (Å²) in [7, 11) is 0. The van der Waals surface area contributed by atoms with Crippen LogP contribution in [-0.4, -0.2) is 7.72 Å². The first-order valence-corrected chi connectivity index (χ1v) is 2.02. The van der Waals surface area contributed by atoms with E-state index in [9.17, 15) is 0 Å². The third-order valence-corrected chi connectivity index (χ3v) is 0.512. The lowest BCUT2D eigenvalue weighted by atomic mass is 10.3. The predicted molar refractivity (Wildman–Crippen MR) is 31.2 cm³/mol. The minimum absolute atomic E-state index is 0.566. The lowest BCUT2D eigenvalue weighted by Crippen LogP contribution is -1.95. The highest BCUT2D eigenvalue weighted by molar-refractivity contribution is 5.85. The Balaban J connectivity index is 0. The van der Waals surface area contributed by atoms with Crippen molar-refractivity contribution in [3.63, 3.8) is 0 Å². The summed E-state index contributed by atoms with van der Waals surface area (Å²) < 4.78 is 18.4. The van der Waals surface area contributed by atoms with Crippen molar-refractivity contribution in [1.29, 1.82) is 1.17 Å². The van der Waals surface area contributed by atoms with E-state index in [1.807, 2.05) is 6.92 Å². The number of halogens is 1. The van der Waals surface area contributed by atoms with Crippen LogP contribution in [0, 0.1) is 0 Å². The number of rotatable bonds is 3. The van der Waals surface area contributed by atoms with Crippen LogP contribution in [0.15, 0.2) is 0 Å². The van der Waals surface area contributed by atoms with Crippen LogP contribution >= 0.6 is 12.3 Å². The summed E-state index contributed by atoms with van der Waals surface area (Å²) >= 11 is 3.89. The molecule has 0 saturated carbocycles. The van der Waals surface area contributed by atoms with E-state index in [1.165, 1.54) is 0 Å². The third-order valence-electron chi connectivity index (χ3n) is 0.512. The summed E-state index contributed by atoms with van der Waals surface area (Å²) in [5.41, 5.74) is 0.712. The Morgan fingerprint density at radius 2 is 2.67 bits per heavy atom. The number of hydrogen-bond acceptors (Lipinski definition) is 1. The van der Waals surface area contributed by atoms with Crippen molar-refractivity contribution in [2.45, 2.75) is 19.8 Å². The lowest BCUT2D eigenvalue weighted by molar-refractivity contribution is 0.807. The van der Waals surface area contributed by atoms with Gasteiger partial charge in [0, 0.05) is 0 Å². The topological polar surface area (TPSA) is 26.0 Å². The molecule has 0 spiro atoms. The zero-order chi connectivity index (χ0) is 7.70. The van der Waals surface area contributed by atoms with Crippen LogP contribution < -0.4 is 5.72 Å². The van der Waals surface area contributed by atoms with E-state index in [0.29, 0.717) is 12.3 Å². The van der Waals surface area contributed by atoms with Crippen molar-refractivity contribution in [1.82, 2.24) is 0 Å². The van der Waals surface area contributed by atoms with E-state index in [4.69, 9.17) is 4.00 Å². The highest BCUT2D eigenvalue weighted by atomic mass is 35.5. The molecule has 6 heavy (non-hydrogen) atoms. The molecule has 0 amide bonds. The summed E-state index contributed by atoms with van der Waals surface area (Å²) in [6.45, 7) is 2.61. The van der Waals surface area contributed by atoms with Gasteiger partial charge in [-0.2, -0.15) is 0 Å². The molecule has 0 aliphatic rings. The van der Waals surface area contributed by atoms with Crippen molar-refractivity contribution in [3.05, 3.63) is 0 Å². The van der Waals surface area contributed by atoms with Crippen LogP contribution in [-0.2, 0) is 0 Å². The molecule has 0 fully saturated rings. The van der Waals surface area contributed by atoms with Gasteiger partial charge >= 0.3 is 0 Å². The van der Waals surface area contributed by atoms with Gasteiger partial charge in [-0.3, -0.25) is 0 Å². The van der Waals surface area contributed by atoms with Crippen LogP contribution in [0.2, 0.25) is 2.82 Å². The van der Waals surface area contributed by atoms with Gasteiger partial charge in [0.2, 0.25) is 0 Å². The number of hydrogen-bond donors (Lipinski definition) is 1. The summed E-state index contributed by atoms with van der Waals surface area (Å²) in [5, 5.41) is 0. The van der Waals surface area contributed by atoms with Gasteiger partial charge < -0.3 is 5.72 Å². The maximum Gasteiger partial charge on any atom is 0.147 e. The van der Waals surface area contributed by atoms with Gasteiger partial charge in [0.05, 0.1) is 0 Å². The molecule has 0 saturated heterocycles. The van der Waals surface area contributed by atoms with Crippen LogP contribution in [0.4, 0.5) is 0 Å². The van der Waals surface area contributed by atoms with E-state index in [2.05, 4.69) is 12.3 Å². The average molecular weight is 113 g/mol. The molecule has 0 radical (unpaired) electrons. The van der Waals surface area contributed by atoms with Gasteiger partial charge in [-0.15, -0.1) is 12.3 Å². The minimum atomic E-state index is 0.566. The highest BCUT2D eigenvalue weighted by Crippen LogP contribution is 1.77. The quantitative estimate of drug-likeness (QED) is 0.583. The lowest BCUT2D eigenvalue weighted by Gasteiger charge is -1.80. The molecular formula is C4H12ClN. The Bertz CT molecular complexity index is 44.8. The molecule has 0 aliphatic carbocycles. The molecule has 0 unspecified atom stereocenters. The molecule has 0 aliphatic heterocycles. The molecule has 0 heterocycles. The molecule has 0 atom stereocenters. The summed E-state index contributed by atoms with van der Waals surface area (Å²) in [6, 6.07) is 0. The van der Waals surface area contributed by atoms with E-state index >= 15 is 0 Å². The normalized spacial score (nSPS) is 13.5. The Morgan fingerprint density at radius 1 is 2.00 bits per heavy atom. The monoisotopic (exact) mass is 112 g/mol. The van der Waals surface area contributed by atoms with Crippen LogP contribution in [0.25, 0.3) is 0 Å². The van der Waals surface area contributed by atoms with Gasteiger partial charge in [-0.05, 0) is 13.0 Å². The van der Waals surface area contributed by atoms with Gasteiger partial charge in [-0.1, -0.05) is 13.3 Å². The zero-order valence-electron chi connectivity index (χ0n) is 6.95. The SMILES string of the molecule is [2H]Cl.[2H]N([2H])CCCC. The summed E-state index contributed by atoms with van der Waals surface area (Å²) in [6.07, 6.45) is 2.02. The zero-order valence-corrected chi connectivity index (χ0v) is 4.70. The Labute approximate surface area is 49.4 Å². The second-order valence-electron chi connectivity index (χ2n) is 1.08. The van der Waals surface area contributed by atoms with Crippen LogP contribution in [0.1, 0.15) is 19.8 Å². The van der Waals surface area contributed by atoms with Crippen molar-refractivity contribution in [2.75, 3.05) is 6.54 Å². The largest absolute Gasteiger partial charge is 0.330 e. The number of nitrogens with two attached hydrogens (primary N) is 1. The maximum atomic E-state index is 6.58. The second-order valence-corrected chi connectivity index (χ2v) is 1.08. The van der Waals surface area contributed by atoms with E-state index < -0.39 is 0 Å². The first-order chi connectivity index (χ1) is 4.27. The molecule has 2 N–H and O–H groups in total. The van der Waals surface area contributed by atoms with Crippen molar-refractivity contribution >= 4 is 12.3 Å². The standard InChI is InChI=1S/C4H11N.ClH/c1-2-3-4-5;/h2-5H2,1H3;1H/i/hD3. The van der Waals surface area contributed by atoms with E-state index in [1.54, 1.807) is 0 Å². The van der Waals surface area contributed by atoms with Gasteiger partial charge in [0.15, 0.2) is 0 Å². The predicted octanol–water partition coefficient (Wildman–Crippen LogP) is 1.17. The van der Waals surface area contributed by atoms with E-state index in [0.717, 1.165) is 12.8 Å². The summed E-state index contributed by atoms with van der Waals surface area (Å²) in [4.78, 5) is 0. The fourth-order valence-corrected chi connectivity index (χ4v) is 0.158. The van der Waals surface area contributed by atoms with Gasteiger partial charge in [0.25, 0.3) is 0 Å². The Hall–Kier alpha value is 0.250. The van der Waals surface area contributed by atoms with Crippen molar-refractivity contribution in [3.8, 4) is 0 Å². The first-order valence-electron chi connectivity index (χ1n) is 3.30. The fraction of sp³-hybridized carbons (Fsp3) is 1.00. The summed E-state index contributed by atoms with van der Waals surface area (Å²) in [5.74, 6) is 0. The number of unbranched alkanes of at least 4 members (excludes halogenated alkanes) is 1. The van der Waals surface area contributed by atoms with Gasteiger partial charge in [0.1, 0.15) is 4.00 Å². The molecule has 0 aromatic rings. The molecular weight excluding hydrogens is 97.5 g/mol. The Morgan fingerprint density at radius 3 is 2.83 bits per heavy atom. The molecule has 2 heteroatoms. The smallest absolute Gasteiger partial charge is 0.147 e. The molecule has 1 nitrogen and oxygen atoms in total. The first kappa shape index (κ1) is 3.28. The van der Waals surface area contributed by atoms with Crippen molar-refractivity contribution < 1.29 is 2.82 Å². The molecule has 40 valence electrons. The van der Waals surface area contributed by atoms with Crippen LogP contribution in [0.5, 0.6) is 0 Å². The van der Waals surface area contributed by atoms with E-state index in [-0.39, 0.29) is 0 Å². The average Bonchev–Trinajstić information content (AvgIpc) is 1.88. The molecule has 0 rings (SSSR count).